The summed E-state index contributed by atoms with van der Waals surface area (Å²) < 4.78 is 3.73. The molecule has 2 nitrogen and oxygen atoms in total. The van der Waals surface area contributed by atoms with Gasteiger partial charge in [0.15, 0.2) is 0 Å². The van der Waals surface area contributed by atoms with Crippen LogP contribution in [0.25, 0.3) is 11.0 Å². The van der Waals surface area contributed by atoms with Gasteiger partial charge in [0.25, 0.3) is 0 Å². The van der Waals surface area contributed by atoms with Crippen LogP contribution in [0.5, 0.6) is 0 Å². The average molecular weight is 482 g/mol. The van der Waals surface area contributed by atoms with Crippen LogP contribution >= 0.6 is 0 Å². The fourth-order valence-electron chi connectivity index (χ4n) is 1.16. The summed E-state index contributed by atoms with van der Waals surface area (Å²) >= 11 is 1.28. The molecule has 0 aliphatic carbocycles. The molecule has 4 heteroatoms. The summed E-state index contributed by atoms with van der Waals surface area (Å²) in [5.41, 5.74) is 2.51. The first-order valence-corrected chi connectivity index (χ1v) is 9.21. The average Bonchev–Trinajstić information content (AvgIpc) is 2.30. The van der Waals surface area contributed by atoms with Crippen molar-refractivity contribution < 1.29 is 76.9 Å². The van der Waals surface area contributed by atoms with Crippen LogP contribution in [0, 0.1) is 76.9 Å². The Morgan fingerprint density at radius 3 is 2.82 bits per heavy atom. The predicted molar refractivity (Wildman–Crippen MR) is 36.2 cm³/mol. The summed E-state index contributed by atoms with van der Waals surface area (Å²) in [4.78, 5) is 4.52. The van der Waals surface area contributed by atoms with E-state index in [-0.39, 0.29) is 0 Å². The Bertz CT molecular complexity index is 396. The molecule has 1 aromatic carbocycles. The van der Waals surface area contributed by atoms with Crippen LogP contribution in [0.15, 0.2) is 24.3 Å². The minimum atomic E-state index is 0.407. The van der Waals surface area contributed by atoms with Crippen LogP contribution in [0.2, 0.25) is 0 Å². The van der Waals surface area contributed by atoms with Gasteiger partial charge in [0, 0.05) is 0 Å². The van der Waals surface area contributed by atoms with Gasteiger partial charge in [-0.3, -0.25) is 0 Å². The van der Waals surface area contributed by atoms with Gasteiger partial charge >= 0.3 is 119 Å². The van der Waals surface area contributed by atoms with Crippen LogP contribution in [0.3, 0.4) is 0 Å². The molecule has 1 heterocycles. The van der Waals surface area contributed by atoms with Gasteiger partial charge in [-0.1, -0.05) is 0 Å². The van der Waals surface area contributed by atoms with Gasteiger partial charge in [-0.25, -0.2) is 0 Å². The quantitative estimate of drug-likeness (QED) is 0.528. The molecule has 0 saturated carbocycles. The molecule has 0 unspecified atom stereocenters. The zero-order valence-corrected chi connectivity index (χ0v) is 18.1. The first-order valence-electron chi connectivity index (χ1n) is 3.48. The van der Waals surface area contributed by atoms with E-state index < -0.39 is 0 Å². The van der Waals surface area contributed by atoms with Crippen molar-refractivity contribution in [3.05, 3.63) is 24.3 Å². The second-order valence-corrected chi connectivity index (χ2v) is 7.82. The van der Waals surface area contributed by atoms with Crippen LogP contribution in [0.1, 0.15) is 0 Å². The van der Waals surface area contributed by atoms with E-state index in [0.29, 0.717) is 42.8 Å². The van der Waals surface area contributed by atoms with E-state index in [9.17, 15) is 0 Å². The van der Waals surface area contributed by atoms with Gasteiger partial charge in [0.2, 0.25) is 0 Å². The number of rotatable bonds is 0. The number of benzene rings is 1. The van der Waals surface area contributed by atoms with E-state index in [0.717, 1.165) is 34.1 Å². The number of hydrogen-bond donors (Lipinski definition) is 0. The summed E-state index contributed by atoms with van der Waals surface area (Å²) in [7, 11) is 0. The van der Waals surface area contributed by atoms with E-state index in [1.54, 1.807) is 0 Å². The predicted octanol–water partition coefficient (Wildman–Crippen LogP) is 0.256. The monoisotopic (exact) mass is 482 g/mol. The molecule has 0 fully saturated rings. The zero-order valence-electron chi connectivity index (χ0n) is 6.28. The molecule has 0 bridgehead atoms. The molecule has 0 spiro atoms. The molecule has 48 valence electrons. The Hall–Kier alpha value is 1.35. The number of para-hydroxylation sites is 2. The van der Waals surface area contributed by atoms with E-state index in [1.165, 1.54) is 11.9 Å². The molecule has 0 amide bonds. The number of aromatic nitrogens is 2. The standard InChI is InChI=1S/C7H4N2.La.Ra.H/c1-2-4-7-6(3-1)8-5-9-7;;;/h1-4H;;;/q-1;+1;;. The van der Waals surface area contributed by atoms with Crippen molar-refractivity contribution in [2.45, 2.75) is 0 Å². The number of nitrogens with zero attached hydrogens (tertiary/aromatic N) is 2. The van der Waals surface area contributed by atoms with E-state index >= 15 is 0 Å². The Kier molecular flexibility index (Phi) is 2.93. The number of hydrogen-bond acceptors (Lipinski definition) is 1. The third-order valence-corrected chi connectivity index (χ3v) is 13.4. The Morgan fingerprint density at radius 2 is 2.09 bits per heavy atom. The zero-order chi connectivity index (χ0) is 7.84. The summed E-state index contributed by atoms with van der Waals surface area (Å²) in [5, 5.41) is 0. The first-order chi connectivity index (χ1) is 5.29. The molecule has 0 aliphatic rings. The molecule has 1 aromatic heterocycles. The molecular formula is C7H5LaN2Ra. The molecule has 2 aromatic rings. The third kappa shape index (κ3) is 1.67. The van der Waals surface area contributed by atoms with Gasteiger partial charge in [0.1, 0.15) is 0 Å². The summed E-state index contributed by atoms with van der Waals surface area (Å²) in [6.07, 6.45) is 0. The van der Waals surface area contributed by atoms with Crippen LogP contribution in [0.4, 0.5) is 0 Å². The molecule has 11 heavy (non-hydrogen) atoms. The second-order valence-electron chi connectivity index (χ2n) is 2.52. The molecule has 0 atom stereocenters. The van der Waals surface area contributed by atoms with Crippen LogP contribution in [-0.4, -0.2) is 6.32 Å². The van der Waals surface area contributed by atoms with Crippen molar-refractivity contribution in [1.82, 2.24) is 6.32 Å². The summed E-state index contributed by atoms with van der Waals surface area (Å²) in [6.45, 7) is 0. The van der Waals surface area contributed by atoms with Crippen molar-refractivity contribution >= 4 is 11.9 Å². The van der Waals surface area contributed by atoms with Crippen molar-refractivity contribution in [2.24, 2.45) is 0 Å². The first kappa shape index (κ1) is 8.93. The molecule has 0 aliphatic heterocycles. The number of fused-ring (bicyclic) bond motifs is 1. The molecule has 0 radical (unpaired) electrons. The van der Waals surface area contributed by atoms with Gasteiger partial charge in [-0.15, -0.1) is 0 Å². The third-order valence-electron chi connectivity index (χ3n) is 1.77. The van der Waals surface area contributed by atoms with Crippen molar-refractivity contribution in [2.75, 3.05) is 0 Å². The van der Waals surface area contributed by atoms with E-state index in [4.69, 9.17) is 0 Å². The SMILES string of the molecule is [La][n]1[c]([RaH])nc2ccccc21. The summed E-state index contributed by atoms with van der Waals surface area (Å²) in [6, 6.07) is 8.39. The van der Waals surface area contributed by atoms with Crippen LogP contribution < -0.4 is 0.865 Å². The van der Waals surface area contributed by atoms with Gasteiger partial charge in [-0.05, 0) is 0 Å². The maximum atomic E-state index is 4.52. The fraction of sp³-hybridized carbons (Fsp3) is 0. The van der Waals surface area contributed by atoms with E-state index in [2.05, 4.69) is 30.6 Å². The Labute approximate surface area is 117 Å². The maximum absolute atomic E-state index is 4.52. The second kappa shape index (κ2) is 3.61. The Morgan fingerprint density at radius 1 is 1.36 bits per heavy atom. The van der Waals surface area contributed by atoms with E-state index in [1.807, 2.05) is 0 Å². The van der Waals surface area contributed by atoms with Crippen molar-refractivity contribution in [1.29, 1.82) is 0 Å². The molecule has 2 rings (SSSR count). The van der Waals surface area contributed by atoms with Crippen molar-refractivity contribution in [3.8, 4) is 0 Å². The van der Waals surface area contributed by atoms with Crippen molar-refractivity contribution in [3.63, 3.8) is 0 Å². The Balaban J connectivity index is 2.92. The van der Waals surface area contributed by atoms with Gasteiger partial charge < -0.3 is 0 Å². The molecular weight excluding hydrogens is 477 g/mol. The summed E-state index contributed by atoms with van der Waals surface area (Å²) in [5.74, 6) is 0. The topological polar surface area (TPSA) is 17.8 Å². The van der Waals surface area contributed by atoms with Gasteiger partial charge in [-0.2, -0.15) is 0 Å². The fourth-order valence-corrected chi connectivity index (χ4v) is 4.01. The molecule has 0 saturated heterocycles. The molecule has 0 N–H and O–H groups in total. The normalized spacial score (nSPS) is 10.4. The van der Waals surface area contributed by atoms with Gasteiger partial charge in [0.05, 0.1) is 0 Å². The van der Waals surface area contributed by atoms with Crippen LogP contribution in [-0.2, 0) is 0 Å². The number of imidazole rings is 1. The minimum absolute atomic E-state index is 0.407.